The third kappa shape index (κ3) is 3.69. The predicted molar refractivity (Wildman–Crippen MR) is 71.5 cm³/mol. The van der Waals surface area contributed by atoms with Crippen LogP contribution < -0.4 is 5.32 Å². The smallest absolute Gasteiger partial charge is 0.305 e. The number of piperidine rings is 1. The maximum Gasteiger partial charge on any atom is 0.305 e. The zero-order valence-electron chi connectivity index (χ0n) is 11.5. The van der Waals surface area contributed by atoms with E-state index >= 15 is 0 Å². The Morgan fingerprint density at radius 1 is 1.33 bits per heavy atom. The summed E-state index contributed by atoms with van der Waals surface area (Å²) in [4.78, 5) is 13.7. The molecule has 0 amide bonds. The lowest BCUT2D eigenvalue weighted by molar-refractivity contribution is -0.140. The Morgan fingerprint density at radius 3 is 2.94 bits per heavy atom. The Kier molecular flexibility index (Phi) is 5.45. The first-order valence-corrected chi connectivity index (χ1v) is 7.35. The van der Waals surface area contributed by atoms with Crippen LogP contribution in [0.15, 0.2) is 0 Å². The minimum Gasteiger partial charge on any atom is -0.469 e. The molecule has 2 saturated heterocycles. The van der Waals surface area contributed by atoms with Crippen molar-refractivity contribution in [1.82, 2.24) is 10.2 Å². The predicted octanol–water partition coefficient (Wildman–Crippen LogP) is 1.55. The van der Waals surface area contributed by atoms with Gasteiger partial charge < -0.3 is 10.1 Å². The number of carbonyl (C=O) groups is 1. The standard InChI is InChI=1S/C14H26N2O2/c1-18-14(17)8-5-11-16-10-3-2-7-13(16)12-6-4-9-15-12/h12-13,15H,2-11H2,1H3. The van der Waals surface area contributed by atoms with E-state index in [-0.39, 0.29) is 5.97 Å². The fourth-order valence-electron chi connectivity index (χ4n) is 3.32. The van der Waals surface area contributed by atoms with E-state index < -0.39 is 0 Å². The lowest BCUT2D eigenvalue weighted by Gasteiger charge is -2.39. The number of methoxy groups -OCH3 is 1. The summed E-state index contributed by atoms with van der Waals surface area (Å²) in [5, 5.41) is 3.63. The summed E-state index contributed by atoms with van der Waals surface area (Å²) in [5.74, 6) is -0.0810. The molecule has 0 aromatic carbocycles. The van der Waals surface area contributed by atoms with Gasteiger partial charge in [0.2, 0.25) is 0 Å². The first-order chi connectivity index (χ1) is 8.81. The number of hydrogen-bond donors (Lipinski definition) is 1. The summed E-state index contributed by atoms with van der Waals surface area (Å²) in [7, 11) is 1.47. The lowest BCUT2D eigenvalue weighted by atomic mass is 9.94. The molecular formula is C14H26N2O2. The Labute approximate surface area is 110 Å². The largest absolute Gasteiger partial charge is 0.469 e. The topological polar surface area (TPSA) is 41.6 Å². The van der Waals surface area contributed by atoms with Crippen molar-refractivity contribution in [2.75, 3.05) is 26.7 Å². The molecule has 2 rings (SSSR count). The van der Waals surface area contributed by atoms with Crippen molar-refractivity contribution in [1.29, 1.82) is 0 Å². The fourth-order valence-corrected chi connectivity index (χ4v) is 3.32. The molecule has 0 spiro atoms. The highest BCUT2D eigenvalue weighted by atomic mass is 16.5. The fraction of sp³-hybridized carbons (Fsp3) is 0.929. The van der Waals surface area contributed by atoms with Gasteiger partial charge in [-0.25, -0.2) is 0 Å². The summed E-state index contributed by atoms with van der Waals surface area (Å²) >= 11 is 0. The van der Waals surface area contributed by atoms with Crippen molar-refractivity contribution >= 4 is 5.97 Å². The average molecular weight is 254 g/mol. The summed E-state index contributed by atoms with van der Waals surface area (Å²) < 4.78 is 4.70. The van der Waals surface area contributed by atoms with E-state index in [9.17, 15) is 4.79 Å². The molecule has 2 unspecified atom stereocenters. The molecule has 2 aliphatic heterocycles. The SMILES string of the molecule is COC(=O)CCCN1CCCCC1C1CCCN1. The van der Waals surface area contributed by atoms with Gasteiger partial charge in [0.05, 0.1) is 7.11 Å². The number of ether oxygens (including phenoxy) is 1. The van der Waals surface area contributed by atoms with E-state index in [1.807, 2.05) is 0 Å². The van der Waals surface area contributed by atoms with Crippen LogP contribution in [-0.2, 0) is 9.53 Å². The number of hydrogen-bond acceptors (Lipinski definition) is 4. The van der Waals surface area contributed by atoms with E-state index in [0.717, 1.165) is 13.0 Å². The van der Waals surface area contributed by atoms with Crippen LogP contribution in [0.4, 0.5) is 0 Å². The number of likely N-dealkylation sites (tertiary alicyclic amines) is 1. The Bertz CT molecular complexity index is 265. The number of carbonyl (C=O) groups excluding carboxylic acids is 1. The van der Waals surface area contributed by atoms with E-state index in [1.165, 1.54) is 52.3 Å². The summed E-state index contributed by atoms with van der Waals surface area (Å²) in [6.45, 7) is 3.42. The second-order valence-corrected chi connectivity index (χ2v) is 5.48. The molecule has 0 aromatic heterocycles. The Hall–Kier alpha value is -0.610. The monoisotopic (exact) mass is 254 g/mol. The summed E-state index contributed by atoms with van der Waals surface area (Å²) in [6.07, 6.45) is 8.09. The molecule has 0 bridgehead atoms. The van der Waals surface area contributed by atoms with Gasteiger partial charge >= 0.3 is 5.97 Å². The molecule has 4 nitrogen and oxygen atoms in total. The van der Waals surface area contributed by atoms with Gasteiger partial charge in [-0.3, -0.25) is 9.69 Å². The van der Waals surface area contributed by atoms with Crippen molar-refractivity contribution in [3.63, 3.8) is 0 Å². The van der Waals surface area contributed by atoms with Gasteiger partial charge in [0.25, 0.3) is 0 Å². The summed E-state index contributed by atoms with van der Waals surface area (Å²) in [5.41, 5.74) is 0. The minimum absolute atomic E-state index is 0.0810. The minimum atomic E-state index is -0.0810. The second-order valence-electron chi connectivity index (χ2n) is 5.48. The van der Waals surface area contributed by atoms with Gasteiger partial charge in [0, 0.05) is 18.5 Å². The summed E-state index contributed by atoms with van der Waals surface area (Å²) in [6, 6.07) is 1.38. The highest BCUT2D eigenvalue weighted by Crippen LogP contribution is 2.24. The average Bonchev–Trinajstić information content (AvgIpc) is 2.93. The van der Waals surface area contributed by atoms with Crippen molar-refractivity contribution in [2.45, 2.75) is 57.0 Å². The number of rotatable bonds is 5. The Balaban J connectivity index is 1.78. The third-order valence-corrected chi connectivity index (χ3v) is 4.28. The molecular weight excluding hydrogens is 228 g/mol. The first-order valence-electron chi connectivity index (χ1n) is 7.35. The van der Waals surface area contributed by atoms with Crippen LogP contribution in [-0.4, -0.2) is 49.7 Å². The van der Waals surface area contributed by atoms with E-state index in [0.29, 0.717) is 18.5 Å². The molecule has 0 radical (unpaired) electrons. The first kappa shape index (κ1) is 13.8. The normalized spacial score (nSPS) is 29.4. The van der Waals surface area contributed by atoms with Crippen molar-refractivity contribution in [3.8, 4) is 0 Å². The van der Waals surface area contributed by atoms with Gasteiger partial charge in [-0.2, -0.15) is 0 Å². The number of nitrogens with one attached hydrogen (secondary N) is 1. The van der Waals surface area contributed by atoms with Crippen molar-refractivity contribution in [2.24, 2.45) is 0 Å². The highest BCUT2D eigenvalue weighted by Gasteiger charge is 2.31. The van der Waals surface area contributed by atoms with Crippen molar-refractivity contribution < 1.29 is 9.53 Å². The van der Waals surface area contributed by atoms with Gasteiger partial charge in [-0.05, 0) is 51.7 Å². The Morgan fingerprint density at radius 2 is 2.22 bits per heavy atom. The van der Waals surface area contributed by atoms with Crippen LogP contribution in [0.2, 0.25) is 0 Å². The van der Waals surface area contributed by atoms with Crippen LogP contribution in [0.25, 0.3) is 0 Å². The van der Waals surface area contributed by atoms with E-state index in [2.05, 4.69) is 10.2 Å². The van der Waals surface area contributed by atoms with E-state index in [1.54, 1.807) is 0 Å². The van der Waals surface area contributed by atoms with Crippen LogP contribution >= 0.6 is 0 Å². The molecule has 104 valence electrons. The second kappa shape index (κ2) is 7.10. The maximum absolute atomic E-state index is 11.1. The molecule has 2 atom stereocenters. The molecule has 4 heteroatoms. The molecule has 2 fully saturated rings. The molecule has 0 aliphatic carbocycles. The number of nitrogens with zero attached hydrogens (tertiary/aromatic N) is 1. The van der Waals surface area contributed by atoms with Crippen LogP contribution in [0.1, 0.15) is 44.9 Å². The molecule has 18 heavy (non-hydrogen) atoms. The van der Waals surface area contributed by atoms with Gasteiger partial charge in [0.15, 0.2) is 0 Å². The maximum atomic E-state index is 11.1. The molecule has 2 aliphatic rings. The van der Waals surface area contributed by atoms with Crippen LogP contribution in [0.3, 0.4) is 0 Å². The zero-order chi connectivity index (χ0) is 12.8. The lowest BCUT2D eigenvalue weighted by Crippen LogP contribution is -2.50. The van der Waals surface area contributed by atoms with E-state index in [4.69, 9.17) is 4.74 Å². The third-order valence-electron chi connectivity index (χ3n) is 4.28. The van der Waals surface area contributed by atoms with Crippen LogP contribution in [0.5, 0.6) is 0 Å². The zero-order valence-corrected chi connectivity index (χ0v) is 11.5. The number of esters is 1. The van der Waals surface area contributed by atoms with Gasteiger partial charge in [-0.15, -0.1) is 0 Å². The highest BCUT2D eigenvalue weighted by molar-refractivity contribution is 5.69. The van der Waals surface area contributed by atoms with Gasteiger partial charge in [-0.1, -0.05) is 6.42 Å². The van der Waals surface area contributed by atoms with Crippen molar-refractivity contribution in [3.05, 3.63) is 0 Å². The molecule has 1 N–H and O–H groups in total. The van der Waals surface area contributed by atoms with Gasteiger partial charge in [0.1, 0.15) is 0 Å². The molecule has 2 heterocycles. The molecule has 0 aromatic rings. The molecule has 0 saturated carbocycles. The quantitative estimate of drug-likeness (QED) is 0.756. The van der Waals surface area contributed by atoms with Crippen LogP contribution in [0, 0.1) is 0 Å².